The lowest BCUT2D eigenvalue weighted by atomic mass is 10.3. The third-order valence-electron chi connectivity index (χ3n) is 3.09. The molecule has 15 heavy (non-hydrogen) atoms. The molecule has 84 valence electrons. The van der Waals surface area contributed by atoms with Crippen LogP contribution >= 0.6 is 0 Å². The number of likely N-dealkylation sites (N-methyl/N-ethyl adjacent to an activating group) is 1. The predicted octanol–water partition coefficient (Wildman–Crippen LogP) is 0.612. The van der Waals surface area contributed by atoms with Crippen molar-refractivity contribution in [2.24, 2.45) is 17.6 Å². The summed E-state index contributed by atoms with van der Waals surface area (Å²) < 4.78 is 0. The maximum Gasteiger partial charge on any atom is 0.247 e. The van der Waals surface area contributed by atoms with E-state index < -0.39 is 0 Å². The number of hydrogen-bond acceptors (Lipinski definition) is 3. The Morgan fingerprint density at radius 2 is 1.93 bits per heavy atom. The number of hydrogen-bond donors (Lipinski definition) is 2. The Kier molecular flexibility index (Phi) is 2.95. The number of rotatable bonds is 2. The molecule has 4 heteroatoms. The van der Waals surface area contributed by atoms with Gasteiger partial charge in [-0.25, -0.2) is 5.01 Å². The van der Waals surface area contributed by atoms with Crippen molar-refractivity contribution >= 4 is 5.91 Å². The lowest BCUT2D eigenvalue weighted by Gasteiger charge is -2.05. The van der Waals surface area contributed by atoms with Gasteiger partial charge in [0.2, 0.25) is 5.91 Å². The Bertz CT molecular complexity index is 270. The topological polar surface area (TPSA) is 58.4 Å². The van der Waals surface area contributed by atoms with Crippen molar-refractivity contribution in [2.45, 2.75) is 25.7 Å². The van der Waals surface area contributed by atoms with Crippen LogP contribution < -0.4 is 11.2 Å². The van der Waals surface area contributed by atoms with E-state index in [2.05, 4.69) is 5.43 Å². The maximum absolute atomic E-state index is 10.4. The molecule has 0 aromatic heterocycles. The molecule has 0 aromatic carbocycles. The number of carbonyl (C=O) groups excluding carboxylic acids is 1. The van der Waals surface area contributed by atoms with Gasteiger partial charge in [0, 0.05) is 25.4 Å². The van der Waals surface area contributed by atoms with Gasteiger partial charge >= 0.3 is 0 Å². The number of nitrogens with zero attached hydrogens (tertiary/aromatic N) is 1. The van der Waals surface area contributed by atoms with Crippen molar-refractivity contribution in [3.05, 3.63) is 11.8 Å². The highest BCUT2D eigenvalue weighted by atomic mass is 16.1. The van der Waals surface area contributed by atoms with Crippen LogP contribution in [0.15, 0.2) is 11.8 Å². The molecule has 0 saturated heterocycles. The van der Waals surface area contributed by atoms with Crippen LogP contribution in [-0.4, -0.2) is 24.5 Å². The molecule has 4 nitrogen and oxygen atoms in total. The summed E-state index contributed by atoms with van der Waals surface area (Å²) >= 11 is 0. The molecule has 1 aliphatic heterocycles. The van der Waals surface area contributed by atoms with Crippen LogP contribution in [0.1, 0.15) is 25.7 Å². The average molecular weight is 209 g/mol. The summed E-state index contributed by atoms with van der Waals surface area (Å²) in [4.78, 5) is 10.4. The number of primary amides is 1. The number of nitrogens with one attached hydrogen (secondary N) is 1. The molecule has 3 aliphatic rings. The molecule has 2 saturated carbocycles. The molecular weight excluding hydrogens is 190 g/mol. The number of hydrazine groups is 1. The van der Waals surface area contributed by atoms with Gasteiger partial charge < -0.3 is 11.2 Å². The summed E-state index contributed by atoms with van der Waals surface area (Å²) in [5.41, 5.74) is 8.43. The van der Waals surface area contributed by atoms with Gasteiger partial charge in [-0.1, -0.05) is 0 Å². The van der Waals surface area contributed by atoms with Crippen molar-refractivity contribution in [2.75, 3.05) is 13.6 Å². The number of amides is 1. The van der Waals surface area contributed by atoms with E-state index in [1.807, 2.05) is 7.05 Å². The Hall–Kier alpha value is -1.03. The first kappa shape index (κ1) is 10.5. The Morgan fingerprint density at radius 1 is 1.40 bits per heavy atom. The third kappa shape index (κ3) is 3.23. The van der Waals surface area contributed by atoms with Gasteiger partial charge in [-0.2, -0.15) is 0 Å². The van der Waals surface area contributed by atoms with Crippen LogP contribution in [0.3, 0.4) is 0 Å². The smallest absolute Gasteiger partial charge is 0.247 e. The predicted molar refractivity (Wildman–Crippen MR) is 58.5 cm³/mol. The van der Waals surface area contributed by atoms with Gasteiger partial charge in [-0.3, -0.25) is 4.79 Å². The highest BCUT2D eigenvalue weighted by Crippen LogP contribution is 2.49. The van der Waals surface area contributed by atoms with E-state index in [4.69, 9.17) is 5.73 Å². The summed E-state index contributed by atoms with van der Waals surface area (Å²) in [5, 5.41) is 1.78. The molecule has 0 unspecified atom stereocenters. The van der Waals surface area contributed by atoms with Crippen molar-refractivity contribution in [3.63, 3.8) is 0 Å². The van der Waals surface area contributed by atoms with Crippen molar-refractivity contribution < 1.29 is 4.79 Å². The molecule has 3 rings (SSSR count). The summed E-state index contributed by atoms with van der Waals surface area (Å²) in [5.74, 6) is 2.07. The minimum atomic E-state index is -0.355. The molecular formula is C11H19N3O. The monoisotopic (exact) mass is 209 g/mol. The van der Waals surface area contributed by atoms with Gasteiger partial charge in [0.15, 0.2) is 0 Å². The summed E-state index contributed by atoms with van der Waals surface area (Å²) in [6.45, 7) is 0.593. The lowest BCUT2D eigenvalue weighted by Crippen LogP contribution is -2.26. The minimum Gasteiger partial charge on any atom is -0.366 e. The fraction of sp³-hybridized carbons (Fsp3) is 0.727. The molecule has 1 heterocycles. The molecule has 0 aromatic rings. The van der Waals surface area contributed by atoms with E-state index in [1.54, 1.807) is 36.9 Å². The largest absolute Gasteiger partial charge is 0.366 e. The van der Waals surface area contributed by atoms with Gasteiger partial charge in [-0.05, 0) is 37.5 Å². The zero-order chi connectivity index (χ0) is 10.8. The molecule has 0 radical (unpaired) electrons. The number of carbonyl (C=O) groups is 1. The van der Waals surface area contributed by atoms with Crippen LogP contribution in [0.2, 0.25) is 0 Å². The fourth-order valence-corrected chi connectivity index (χ4v) is 1.82. The second kappa shape index (κ2) is 4.23. The van der Waals surface area contributed by atoms with Gasteiger partial charge in [0.1, 0.15) is 0 Å². The van der Waals surface area contributed by atoms with Crippen LogP contribution in [0.5, 0.6) is 0 Å². The molecule has 0 spiro atoms. The Morgan fingerprint density at radius 3 is 2.13 bits per heavy atom. The SMILES string of the molecule is C1CC1C1CC1.CN1CC(C(N)=O)=CN1. The van der Waals surface area contributed by atoms with Crippen LogP contribution in [0.25, 0.3) is 0 Å². The highest BCUT2D eigenvalue weighted by molar-refractivity contribution is 5.92. The minimum absolute atomic E-state index is 0.355. The van der Waals surface area contributed by atoms with E-state index in [0.717, 1.165) is 0 Å². The molecule has 0 atom stereocenters. The summed E-state index contributed by atoms with van der Waals surface area (Å²) in [6, 6.07) is 0. The van der Waals surface area contributed by atoms with Crippen LogP contribution in [0, 0.1) is 11.8 Å². The van der Waals surface area contributed by atoms with E-state index >= 15 is 0 Å². The van der Waals surface area contributed by atoms with Crippen molar-refractivity contribution in [1.29, 1.82) is 0 Å². The van der Waals surface area contributed by atoms with Crippen LogP contribution in [-0.2, 0) is 4.79 Å². The van der Waals surface area contributed by atoms with Crippen molar-refractivity contribution in [1.82, 2.24) is 10.4 Å². The molecule has 2 fully saturated rings. The van der Waals surface area contributed by atoms with E-state index in [-0.39, 0.29) is 5.91 Å². The quantitative estimate of drug-likeness (QED) is 0.700. The molecule has 1 amide bonds. The standard InChI is InChI=1S/C6H10.C5H9N3O/c1-2-5(1)6-3-4-6;1-8-3-4(2-7-8)5(6)9/h5-6H,1-4H2;2,7H,3H2,1H3,(H2,6,9). The number of nitrogens with two attached hydrogens (primary N) is 1. The zero-order valence-electron chi connectivity index (χ0n) is 9.20. The maximum atomic E-state index is 10.4. The highest BCUT2D eigenvalue weighted by Gasteiger charge is 2.37. The lowest BCUT2D eigenvalue weighted by molar-refractivity contribution is -0.114. The van der Waals surface area contributed by atoms with Crippen LogP contribution in [0.4, 0.5) is 0 Å². The Balaban J connectivity index is 0.000000121. The summed E-state index contributed by atoms with van der Waals surface area (Å²) in [6.07, 6.45) is 7.85. The van der Waals surface area contributed by atoms with Gasteiger partial charge in [0.05, 0.1) is 0 Å². The first-order chi connectivity index (χ1) is 7.16. The fourth-order valence-electron chi connectivity index (χ4n) is 1.82. The Labute approximate surface area is 90.5 Å². The second-order valence-corrected chi connectivity index (χ2v) is 4.69. The third-order valence-corrected chi connectivity index (χ3v) is 3.09. The zero-order valence-corrected chi connectivity index (χ0v) is 9.20. The molecule has 2 aliphatic carbocycles. The first-order valence-corrected chi connectivity index (χ1v) is 5.63. The van der Waals surface area contributed by atoms with Crippen molar-refractivity contribution in [3.8, 4) is 0 Å². The van der Waals surface area contributed by atoms with Gasteiger partial charge in [-0.15, -0.1) is 0 Å². The van der Waals surface area contributed by atoms with Gasteiger partial charge in [0.25, 0.3) is 0 Å². The summed E-state index contributed by atoms with van der Waals surface area (Å²) in [7, 11) is 1.84. The normalized spacial score (nSPS) is 25.0. The van der Waals surface area contributed by atoms with E-state index in [9.17, 15) is 4.79 Å². The first-order valence-electron chi connectivity index (χ1n) is 5.63. The average Bonchev–Trinajstić information content (AvgIpc) is 3.03. The molecule has 3 N–H and O–H groups in total. The second-order valence-electron chi connectivity index (χ2n) is 4.69. The molecule has 0 bridgehead atoms. The van der Waals surface area contributed by atoms with E-state index in [1.165, 1.54) is 11.8 Å². The van der Waals surface area contributed by atoms with E-state index in [0.29, 0.717) is 12.1 Å².